The fraction of sp³-hybridized carbons (Fsp3) is 0.125. The first-order valence-corrected chi connectivity index (χ1v) is 7.04. The highest BCUT2D eigenvalue weighted by Crippen LogP contribution is 2.27. The fourth-order valence-electron chi connectivity index (χ4n) is 2.06. The van der Waals surface area contributed by atoms with Crippen LogP contribution in [0.3, 0.4) is 0 Å². The summed E-state index contributed by atoms with van der Waals surface area (Å²) >= 11 is 0. The number of amides is 2. The van der Waals surface area contributed by atoms with Crippen LogP contribution in [0.25, 0.3) is 0 Å². The third-order valence-electron chi connectivity index (χ3n) is 3.28. The summed E-state index contributed by atoms with van der Waals surface area (Å²) in [5, 5.41) is 10.9. The summed E-state index contributed by atoms with van der Waals surface area (Å²) < 4.78 is 10.2. The Hall–Kier alpha value is -3.62. The summed E-state index contributed by atoms with van der Waals surface area (Å²) in [4.78, 5) is 34.4. The molecule has 2 rings (SSSR count). The van der Waals surface area contributed by atoms with E-state index in [4.69, 9.17) is 9.47 Å². The first-order valence-electron chi connectivity index (χ1n) is 7.04. The predicted octanol–water partition coefficient (Wildman–Crippen LogP) is 1.69. The summed E-state index contributed by atoms with van der Waals surface area (Å²) in [5.74, 6) is -0.628. The van der Waals surface area contributed by atoms with Crippen LogP contribution in [0.2, 0.25) is 0 Å². The first-order chi connectivity index (χ1) is 12.0. The molecule has 0 aromatic heterocycles. The van der Waals surface area contributed by atoms with Gasteiger partial charge in [0.25, 0.3) is 17.5 Å². The Labute approximate surface area is 142 Å². The maximum atomic E-state index is 12.1. The lowest BCUT2D eigenvalue weighted by Crippen LogP contribution is -2.41. The predicted molar refractivity (Wildman–Crippen MR) is 87.6 cm³/mol. The Kier molecular flexibility index (Phi) is 5.51. The number of benzene rings is 2. The van der Waals surface area contributed by atoms with E-state index in [1.54, 1.807) is 0 Å². The number of nitro groups is 1. The minimum Gasteiger partial charge on any atom is -0.493 e. The second-order valence-electron chi connectivity index (χ2n) is 4.75. The number of hydrogen-bond donors (Lipinski definition) is 2. The van der Waals surface area contributed by atoms with Crippen LogP contribution in [-0.2, 0) is 0 Å². The SMILES string of the molecule is COc1ccc(C(=O)NNC(=O)c2ccccc2[N+](=O)[O-])cc1OC. The highest BCUT2D eigenvalue weighted by Gasteiger charge is 2.20. The maximum absolute atomic E-state index is 12.1. The van der Waals surface area contributed by atoms with Crippen molar-refractivity contribution < 1.29 is 24.0 Å². The zero-order chi connectivity index (χ0) is 18.4. The van der Waals surface area contributed by atoms with Gasteiger partial charge in [0.1, 0.15) is 5.56 Å². The van der Waals surface area contributed by atoms with Gasteiger partial charge in [-0.3, -0.25) is 30.6 Å². The van der Waals surface area contributed by atoms with Gasteiger partial charge in [0, 0.05) is 11.6 Å². The standard InChI is InChI=1S/C16H15N3O6/c1-24-13-8-7-10(9-14(13)25-2)15(20)17-18-16(21)11-5-3-4-6-12(11)19(22)23/h3-9H,1-2H3,(H,17,20)(H,18,21). The van der Waals surface area contributed by atoms with Gasteiger partial charge >= 0.3 is 0 Å². The van der Waals surface area contributed by atoms with Gasteiger partial charge < -0.3 is 9.47 Å². The molecule has 0 unspecified atom stereocenters. The van der Waals surface area contributed by atoms with Crippen LogP contribution in [0.4, 0.5) is 5.69 Å². The molecule has 0 aliphatic carbocycles. The summed E-state index contributed by atoms with van der Waals surface area (Å²) in [6, 6.07) is 9.87. The summed E-state index contributed by atoms with van der Waals surface area (Å²) in [6.45, 7) is 0. The van der Waals surface area contributed by atoms with E-state index in [-0.39, 0.29) is 16.8 Å². The molecule has 0 aliphatic rings. The van der Waals surface area contributed by atoms with Crippen LogP contribution < -0.4 is 20.3 Å². The number of hydrazine groups is 1. The van der Waals surface area contributed by atoms with Gasteiger partial charge in [-0.15, -0.1) is 0 Å². The number of methoxy groups -OCH3 is 2. The van der Waals surface area contributed by atoms with E-state index in [9.17, 15) is 19.7 Å². The highest BCUT2D eigenvalue weighted by molar-refractivity contribution is 6.01. The molecule has 0 saturated heterocycles. The molecule has 0 radical (unpaired) electrons. The molecule has 25 heavy (non-hydrogen) atoms. The van der Waals surface area contributed by atoms with Crippen molar-refractivity contribution in [1.82, 2.24) is 10.9 Å². The third kappa shape index (κ3) is 4.02. The molecule has 0 fully saturated rings. The van der Waals surface area contributed by atoms with Crippen molar-refractivity contribution in [2.45, 2.75) is 0 Å². The lowest BCUT2D eigenvalue weighted by Gasteiger charge is -2.10. The van der Waals surface area contributed by atoms with Gasteiger partial charge in [-0.25, -0.2) is 0 Å². The minimum atomic E-state index is -0.805. The van der Waals surface area contributed by atoms with E-state index in [2.05, 4.69) is 10.9 Å². The van der Waals surface area contributed by atoms with Crippen molar-refractivity contribution in [1.29, 1.82) is 0 Å². The molecular weight excluding hydrogens is 330 g/mol. The molecule has 130 valence electrons. The van der Waals surface area contributed by atoms with Crippen LogP contribution in [0, 0.1) is 10.1 Å². The van der Waals surface area contributed by atoms with Gasteiger partial charge in [-0.1, -0.05) is 12.1 Å². The van der Waals surface area contributed by atoms with Gasteiger partial charge in [0.2, 0.25) is 0 Å². The van der Waals surface area contributed by atoms with Crippen molar-refractivity contribution in [2.75, 3.05) is 14.2 Å². The van der Waals surface area contributed by atoms with Crippen molar-refractivity contribution in [3.63, 3.8) is 0 Å². The number of nitrogens with one attached hydrogen (secondary N) is 2. The number of nitrogens with zero attached hydrogens (tertiary/aromatic N) is 1. The molecule has 0 spiro atoms. The number of carbonyl (C=O) groups is 2. The third-order valence-corrected chi connectivity index (χ3v) is 3.28. The quantitative estimate of drug-likeness (QED) is 0.628. The molecule has 2 N–H and O–H groups in total. The Bertz CT molecular complexity index is 821. The lowest BCUT2D eigenvalue weighted by molar-refractivity contribution is -0.385. The van der Waals surface area contributed by atoms with E-state index >= 15 is 0 Å². The molecule has 0 bridgehead atoms. The second-order valence-corrected chi connectivity index (χ2v) is 4.75. The zero-order valence-electron chi connectivity index (χ0n) is 13.4. The normalized spacial score (nSPS) is 9.84. The summed E-state index contributed by atoms with van der Waals surface area (Å²) in [5.41, 5.74) is 4.02. The fourth-order valence-corrected chi connectivity index (χ4v) is 2.06. The van der Waals surface area contributed by atoms with Gasteiger partial charge in [0.05, 0.1) is 19.1 Å². The highest BCUT2D eigenvalue weighted by atomic mass is 16.6. The number of para-hydroxylation sites is 1. The van der Waals surface area contributed by atoms with Gasteiger partial charge in [-0.2, -0.15) is 0 Å². The number of rotatable bonds is 5. The molecule has 2 amide bonds. The van der Waals surface area contributed by atoms with Crippen molar-refractivity contribution in [3.05, 3.63) is 63.7 Å². The molecule has 0 heterocycles. The average molecular weight is 345 g/mol. The number of carbonyl (C=O) groups excluding carboxylic acids is 2. The molecule has 0 saturated carbocycles. The minimum absolute atomic E-state index is 0.167. The number of nitro benzene ring substituents is 1. The zero-order valence-corrected chi connectivity index (χ0v) is 13.4. The molecule has 0 atom stereocenters. The Morgan fingerprint density at radius 3 is 2.24 bits per heavy atom. The Balaban J connectivity index is 2.10. The van der Waals surface area contributed by atoms with Gasteiger partial charge in [0.15, 0.2) is 11.5 Å². The van der Waals surface area contributed by atoms with Crippen LogP contribution >= 0.6 is 0 Å². The molecular formula is C16H15N3O6. The number of hydrogen-bond acceptors (Lipinski definition) is 6. The molecule has 0 aliphatic heterocycles. The van der Waals surface area contributed by atoms with E-state index in [0.717, 1.165) is 0 Å². The molecule has 9 heteroatoms. The van der Waals surface area contributed by atoms with Crippen LogP contribution in [0.15, 0.2) is 42.5 Å². The van der Waals surface area contributed by atoms with Gasteiger partial charge in [-0.05, 0) is 24.3 Å². The molecule has 2 aromatic rings. The van der Waals surface area contributed by atoms with Crippen LogP contribution in [-0.4, -0.2) is 31.0 Å². The average Bonchev–Trinajstić information content (AvgIpc) is 2.65. The molecule has 9 nitrogen and oxygen atoms in total. The van der Waals surface area contributed by atoms with Crippen molar-refractivity contribution in [3.8, 4) is 11.5 Å². The lowest BCUT2D eigenvalue weighted by atomic mass is 10.1. The van der Waals surface area contributed by atoms with Crippen molar-refractivity contribution in [2.24, 2.45) is 0 Å². The monoisotopic (exact) mass is 345 g/mol. The van der Waals surface area contributed by atoms with E-state index < -0.39 is 16.7 Å². The summed E-state index contributed by atoms with van der Waals surface area (Å²) in [7, 11) is 2.89. The Morgan fingerprint density at radius 1 is 0.960 bits per heavy atom. The smallest absolute Gasteiger partial charge is 0.282 e. The van der Waals surface area contributed by atoms with E-state index in [1.807, 2.05) is 0 Å². The van der Waals surface area contributed by atoms with E-state index in [0.29, 0.717) is 11.5 Å². The Morgan fingerprint density at radius 2 is 1.60 bits per heavy atom. The maximum Gasteiger partial charge on any atom is 0.282 e. The van der Waals surface area contributed by atoms with E-state index in [1.165, 1.54) is 56.7 Å². The van der Waals surface area contributed by atoms with Crippen LogP contribution in [0.5, 0.6) is 11.5 Å². The first kappa shape index (κ1) is 17.7. The summed E-state index contributed by atoms with van der Waals surface area (Å²) in [6.07, 6.45) is 0. The van der Waals surface area contributed by atoms with Crippen molar-refractivity contribution >= 4 is 17.5 Å². The molecule has 2 aromatic carbocycles. The second kappa shape index (κ2) is 7.77. The number of ether oxygens (including phenoxy) is 2. The topological polar surface area (TPSA) is 120 Å². The largest absolute Gasteiger partial charge is 0.493 e. The van der Waals surface area contributed by atoms with Crippen LogP contribution in [0.1, 0.15) is 20.7 Å².